The first-order valence-electron chi connectivity index (χ1n) is 10.2. The van der Waals surface area contributed by atoms with Crippen molar-refractivity contribution in [1.29, 1.82) is 0 Å². The van der Waals surface area contributed by atoms with Crippen LogP contribution < -0.4 is 10.5 Å². The Morgan fingerprint density at radius 3 is 2.52 bits per heavy atom. The molecule has 0 unspecified atom stereocenters. The van der Waals surface area contributed by atoms with Gasteiger partial charge in [-0.2, -0.15) is 5.10 Å². The number of carbonyl (C=O) groups excluding carboxylic acids is 2. The molecule has 4 rings (SSSR count). The number of aromatic nitrogens is 2. The first-order valence-corrected chi connectivity index (χ1v) is 10.2. The molecule has 31 heavy (non-hydrogen) atoms. The number of rotatable bonds is 5. The molecule has 158 valence electrons. The molecule has 3 aromatic rings. The highest BCUT2D eigenvalue weighted by molar-refractivity contribution is 6.06. The second-order valence-corrected chi connectivity index (χ2v) is 7.81. The van der Waals surface area contributed by atoms with Crippen molar-refractivity contribution in [1.82, 2.24) is 14.7 Å². The van der Waals surface area contributed by atoms with Crippen LogP contribution in [0.4, 0.5) is 5.69 Å². The summed E-state index contributed by atoms with van der Waals surface area (Å²) in [4.78, 5) is 41.4. The molecule has 2 aromatic carbocycles. The Morgan fingerprint density at radius 1 is 1.03 bits per heavy atom. The number of benzene rings is 2. The molecule has 2 amide bonds. The first kappa shape index (κ1) is 20.5. The van der Waals surface area contributed by atoms with Gasteiger partial charge in [-0.1, -0.05) is 48.5 Å². The molecule has 1 atom stereocenters. The molecule has 7 heteroatoms. The quantitative estimate of drug-likeness (QED) is 0.640. The third-order valence-corrected chi connectivity index (χ3v) is 5.49. The molecular weight excluding hydrogens is 392 g/mol. The van der Waals surface area contributed by atoms with Gasteiger partial charge < -0.3 is 9.80 Å². The van der Waals surface area contributed by atoms with E-state index in [0.717, 1.165) is 27.9 Å². The van der Waals surface area contributed by atoms with E-state index in [-0.39, 0.29) is 30.1 Å². The number of carbonyl (C=O) groups is 2. The fourth-order valence-corrected chi connectivity index (χ4v) is 3.87. The summed E-state index contributed by atoms with van der Waals surface area (Å²) in [6.45, 7) is 2.18. The van der Waals surface area contributed by atoms with Crippen LogP contribution in [0, 0.1) is 0 Å². The second-order valence-electron chi connectivity index (χ2n) is 7.81. The van der Waals surface area contributed by atoms with Crippen LogP contribution in [-0.4, -0.2) is 39.6 Å². The molecule has 1 aliphatic heterocycles. The van der Waals surface area contributed by atoms with Crippen molar-refractivity contribution >= 4 is 17.5 Å². The lowest BCUT2D eigenvalue weighted by Gasteiger charge is -2.22. The molecule has 0 spiro atoms. The van der Waals surface area contributed by atoms with E-state index >= 15 is 0 Å². The zero-order chi connectivity index (χ0) is 22.0. The molecule has 0 radical (unpaired) electrons. The SMILES string of the molecule is C[C@@H]1Cc2ccccc2N1C(=O)c1ccc(=O)n(CC(=O)N(C)Cc2ccccc2)n1. The number of anilines is 1. The van der Waals surface area contributed by atoms with Gasteiger partial charge in [-0.25, -0.2) is 4.68 Å². The van der Waals surface area contributed by atoms with Crippen LogP contribution in [0.1, 0.15) is 28.5 Å². The Kier molecular flexibility index (Phi) is 5.66. The van der Waals surface area contributed by atoms with E-state index in [1.807, 2.05) is 61.5 Å². The summed E-state index contributed by atoms with van der Waals surface area (Å²) in [5, 5.41) is 4.22. The van der Waals surface area contributed by atoms with Gasteiger partial charge in [-0.05, 0) is 36.6 Å². The van der Waals surface area contributed by atoms with Crippen molar-refractivity contribution in [3.05, 3.63) is 93.9 Å². The number of para-hydroxylation sites is 1. The molecule has 1 aliphatic rings. The molecular formula is C24H24N4O3. The van der Waals surface area contributed by atoms with Crippen LogP contribution in [0.25, 0.3) is 0 Å². The van der Waals surface area contributed by atoms with E-state index in [2.05, 4.69) is 5.10 Å². The fourth-order valence-electron chi connectivity index (χ4n) is 3.87. The average molecular weight is 416 g/mol. The summed E-state index contributed by atoms with van der Waals surface area (Å²) in [5.74, 6) is -0.542. The highest BCUT2D eigenvalue weighted by atomic mass is 16.2. The van der Waals surface area contributed by atoms with Crippen molar-refractivity contribution in [2.75, 3.05) is 11.9 Å². The Morgan fingerprint density at radius 2 is 1.74 bits per heavy atom. The van der Waals surface area contributed by atoms with Crippen molar-refractivity contribution in [3.8, 4) is 0 Å². The Hall–Kier alpha value is -3.74. The lowest BCUT2D eigenvalue weighted by Crippen LogP contribution is -2.39. The third kappa shape index (κ3) is 4.26. The smallest absolute Gasteiger partial charge is 0.278 e. The minimum atomic E-state index is -0.423. The maximum atomic E-state index is 13.2. The number of hydrogen-bond donors (Lipinski definition) is 0. The van der Waals surface area contributed by atoms with Crippen molar-refractivity contribution < 1.29 is 9.59 Å². The molecule has 0 bridgehead atoms. The topological polar surface area (TPSA) is 75.5 Å². The number of likely N-dealkylation sites (N-methyl/N-ethyl adjacent to an activating group) is 1. The monoisotopic (exact) mass is 416 g/mol. The van der Waals surface area contributed by atoms with Gasteiger partial charge in [0, 0.05) is 31.4 Å². The number of hydrogen-bond acceptors (Lipinski definition) is 4. The van der Waals surface area contributed by atoms with Gasteiger partial charge in [0.25, 0.3) is 11.5 Å². The van der Waals surface area contributed by atoms with E-state index < -0.39 is 5.56 Å². The molecule has 0 aliphatic carbocycles. The van der Waals surface area contributed by atoms with Crippen molar-refractivity contribution in [3.63, 3.8) is 0 Å². The highest BCUT2D eigenvalue weighted by Crippen LogP contribution is 2.32. The third-order valence-electron chi connectivity index (χ3n) is 5.49. The second kappa shape index (κ2) is 8.55. The Bertz CT molecular complexity index is 1170. The van der Waals surface area contributed by atoms with Crippen LogP contribution in [0.5, 0.6) is 0 Å². The maximum Gasteiger partial charge on any atom is 0.278 e. The largest absolute Gasteiger partial charge is 0.340 e. The first-order chi connectivity index (χ1) is 14.9. The molecule has 0 saturated heterocycles. The number of fused-ring (bicyclic) bond motifs is 1. The summed E-state index contributed by atoms with van der Waals surface area (Å²) in [6, 6.07) is 20.1. The maximum absolute atomic E-state index is 13.2. The predicted molar refractivity (Wildman–Crippen MR) is 118 cm³/mol. The summed E-state index contributed by atoms with van der Waals surface area (Å²) in [6.07, 6.45) is 0.768. The number of nitrogens with zero attached hydrogens (tertiary/aromatic N) is 4. The predicted octanol–water partition coefficient (Wildman–Crippen LogP) is 2.49. The Labute approximate surface area is 180 Å². The summed E-state index contributed by atoms with van der Waals surface area (Å²) < 4.78 is 1.06. The Balaban J connectivity index is 1.53. The molecule has 7 nitrogen and oxygen atoms in total. The minimum Gasteiger partial charge on any atom is -0.340 e. The molecule has 0 saturated carbocycles. The van der Waals surface area contributed by atoms with E-state index in [1.54, 1.807) is 11.9 Å². The standard InChI is InChI=1S/C24H24N4O3/c1-17-14-19-10-6-7-11-21(19)28(17)24(31)20-12-13-22(29)27(25-20)16-23(30)26(2)15-18-8-4-3-5-9-18/h3-13,17H,14-16H2,1-2H3/t17-/m1/s1. The zero-order valence-electron chi connectivity index (χ0n) is 17.6. The van der Waals surface area contributed by atoms with Gasteiger partial charge in [-0.3, -0.25) is 14.4 Å². The zero-order valence-corrected chi connectivity index (χ0v) is 17.6. The molecule has 0 fully saturated rings. The molecule has 0 N–H and O–H groups in total. The van der Waals surface area contributed by atoms with E-state index in [9.17, 15) is 14.4 Å². The highest BCUT2D eigenvalue weighted by Gasteiger charge is 2.32. The van der Waals surface area contributed by atoms with E-state index in [4.69, 9.17) is 0 Å². The van der Waals surface area contributed by atoms with E-state index in [1.165, 1.54) is 17.0 Å². The van der Waals surface area contributed by atoms with Gasteiger partial charge >= 0.3 is 0 Å². The van der Waals surface area contributed by atoms with Crippen molar-refractivity contribution in [2.45, 2.75) is 32.5 Å². The lowest BCUT2D eigenvalue weighted by molar-refractivity contribution is -0.131. The van der Waals surface area contributed by atoms with Gasteiger partial charge in [0.15, 0.2) is 0 Å². The van der Waals surface area contributed by atoms with Crippen LogP contribution >= 0.6 is 0 Å². The van der Waals surface area contributed by atoms with Crippen LogP contribution in [0.2, 0.25) is 0 Å². The molecule has 2 heterocycles. The minimum absolute atomic E-state index is 0.00860. The molecule has 1 aromatic heterocycles. The summed E-state index contributed by atoms with van der Waals surface area (Å²) >= 11 is 0. The van der Waals surface area contributed by atoms with Crippen LogP contribution in [-0.2, 0) is 24.3 Å². The van der Waals surface area contributed by atoms with E-state index in [0.29, 0.717) is 6.54 Å². The van der Waals surface area contributed by atoms with Gasteiger partial charge in [0.05, 0.1) is 0 Å². The van der Waals surface area contributed by atoms with Crippen molar-refractivity contribution in [2.24, 2.45) is 0 Å². The fraction of sp³-hybridized carbons (Fsp3) is 0.250. The summed E-state index contributed by atoms with van der Waals surface area (Å²) in [5.41, 5.74) is 2.67. The van der Waals surface area contributed by atoms with Gasteiger partial charge in [0.2, 0.25) is 5.91 Å². The normalized spacial score (nSPS) is 14.9. The van der Waals surface area contributed by atoms with Gasteiger partial charge in [-0.15, -0.1) is 0 Å². The van der Waals surface area contributed by atoms with Crippen LogP contribution in [0.15, 0.2) is 71.5 Å². The average Bonchev–Trinajstić information content (AvgIpc) is 3.11. The number of amides is 2. The van der Waals surface area contributed by atoms with Crippen LogP contribution in [0.3, 0.4) is 0 Å². The summed E-state index contributed by atoms with van der Waals surface area (Å²) in [7, 11) is 1.68. The van der Waals surface area contributed by atoms with Gasteiger partial charge in [0.1, 0.15) is 12.2 Å². The lowest BCUT2D eigenvalue weighted by atomic mass is 10.1.